The smallest absolute Gasteiger partial charge is 0.122 e. The number of aliphatic hydroxyl groups excluding tert-OH is 1. The lowest BCUT2D eigenvalue weighted by Gasteiger charge is -2.11. The second kappa shape index (κ2) is 5.01. The maximum Gasteiger partial charge on any atom is 0.122 e. The number of benzene rings is 1. The van der Waals surface area contributed by atoms with Crippen LogP contribution in [0, 0.1) is 0 Å². The average molecular weight is 232 g/mol. The number of hydrogen-bond donors (Lipinski definition) is 1. The summed E-state index contributed by atoms with van der Waals surface area (Å²) in [5.41, 5.74) is 1.66. The SMILES string of the molecule is COc1ccccc1CC(O)c1ccn(C)n1. The van der Waals surface area contributed by atoms with Gasteiger partial charge in [0.1, 0.15) is 11.9 Å². The third-order valence-corrected chi connectivity index (χ3v) is 2.68. The van der Waals surface area contributed by atoms with Gasteiger partial charge < -0.3 is 9.84 Å². The van der Waals surface area contributed by atoms with E-state index in [0.29, 0.717) is 12.1 Å². The topological polar surface area (TPSA) is 47.3 Å². The number of aliphatic hydroxyl groups is 1. The van der Waals surface area contributed by atoms with Crippen molar-refractivity contribution in [3.63, 3.8) is 0 Å². The van der Waals surface area contributed by atoms with Crippen molar-refractivity contribution in [3.05, 3.63) is 47.8 Å². The Hall–Kier alpha value is -1.81. The van der Waals surface area contributed by atoms with E-state index in [1.165, 1.54) is 0 Å². The molecule has 4 nitrogen and oxygen atoms in total. The van der Waals surface area contributed by atoms with Gasteiger partial charge in [-0.15, -0.1) is 0 Å². The highest BCUT2D eigenvalue weighted by Crippen LogP contribution is 2.23. The van der Waals surface area contributed by atoms with Gasteiger partial charge in [-0.3, -0.25) is 4.68 Å². The first-order chi connectivity index (χ1) is 8.20. The van der Waals surface area contributed by atoms with E-state index in [1.807, 2.05) is 43.6 Å². The summed E-state index contributed by atoms with van der Waals surface area (Å²) in [5, 5.41) is 14.3. The molecule has 2 rings (SSSR count). The fourth-order valence-corrected chi connectivity index (χ4v) is 1.80. The largest absolute Gasteiger partial charge is 0.496 e. The van der Waals surface area contributed by atoms with Gasteiger partial charge in [0.2, 0.25) is 0 Å². The van der Waals surface area contributed by atoms with Crippen LogP contribution in [0.15, 0.2) is 36.5 Å². The van der Waals surface area contributed by atoms with Crippen molar-refractivity contribution >= 4 is 0 Å². The Labute approximate surface area is 100 Å². The van der Waals surface area contributed by atoms with Crippen LogP contribution in [0.4, 0.5) is 0 Å². The molecule has 1 N–H and O–H groups in total. The third-order valence-electron chi connectivity index (χ3n) is 2.68. The van der Waals surface area contributed by atoms with Gasteiger partial charge in [0, 0.05) is 19.7 Å². The molecule has 0 amide bonds. The molecule has 0 saturated heterocycles. The summed E-state index contributed by atoms with van der Waals surface area (Å²) in [5.74, 6) is 0.794. The number of ether oxygens (including phenoxy) is 1. The van der Waals surface area contributed by atoms with Crippen molar-refractivity contribution in [2.24, 2.45) is 7.05 Å². The lowest BCUT2D eigenvalue weighted by Crippen LogP contribution is -2.04. The zero-order chi connectivity index (χ0) is 12.3. The van der Waals surface area contributed by atoms with Crippen molar-refractivity contribution in [2.45, 2.75) is 12.5 Å². The first-order valence-corrected chi connectivity index (χ1v) is 5.50. The lowest BCUT2D eigenvalue weighted by molar-refractivity contribution is 0.171. The Morgan fingerprint density at radius 2 is 2.12 bits per heavy atom. The van der Waals surface area contributed by atoms with Crippen LogP contribution >= 0.6 is 0 Å². The minimum absolute atomic E-state index is 0.501. The second-order valence-corrected chi connectivity index (χ2v) is 3.95. The highest BCUT2D eigenvalue weighted by atomic mass is 16.5. The van der Waals surface area contributed by atoms with Crippen molar-refractivity contribution < 1.29 is 9.84 Å². The molecule has 0 spiro atoms. The van der Waals surface area contributed by atoms with Crippen molar-refractivity contribution in [3.8, 4) is 5.75 Å². The molecule has 4 heteroatoms. The monoisotopic (exact) mass is 232 g/mol. The number of nitrogens with zero attached hydrogens (tertiary/aromatic N) is 2. The van der Waals surface area contributed by atoms with Gasteiger partial charge in [0.15, 0.2) is 0 Å². The number of aromatic nitrogens is 2. The molecule has 90 valence electrons. The maximum atomic E-state index is 10.1. The number of hydrogen-bond acceptors (Lipinski definition) is 3. The molecule has 2 aromatic rings. The normalized spacial score (nSPS) is 12.4. The number of aryl methyl sites for hydroxylation is 1. The van der Waals surface area contributed by atoms with Gasteiger partial charge in [-0.25, -0.2) is 0 Å². The van der Waals surface area contributed by atoms with E-state index in [2.05, 4.69) is 5.10 Å². The van der Waals surface area contributed by atoms with Crippen LogP contribution < -0.4 is 4.74 Å². The predicted molar refractivity (Wildman–Crippen MR) is 64.9 cm³/mol. The van der Waals surface area contributed by atoms with E-state index < -0.39 is 6.10 Å². The molecule has 1 atom stereocenters. The van der Waals surface area contributed by atoms with E-state index in [1.54, 1.807) is 11.8 Å². The van der Waals surface area contributed by atoms with Crippen LogP contribution in [0.25, 0.3) is 0 Å². The number of para-hydroxylation sites is 1. The average Bonchev–Trinajstić information content (AvgIpc) is 2.77. The highest BCUT2D eigenvalue weighted by molar-refractivity contribution is 5.34. The molecule has 0 saturated carbocycles. The fourth-order valence-electron chi connectivity index (χ4n) is 1.80. The molecule has 0 aliphatic rings. The quantitative estimate of drug-likeness (QED) is 0.872. The Morgan fingerprint density at radius 1 is 1.35 bits per heavy atom. The van der Waals surface area contributed by atoms with Gasteiger partial charge >= 0.3 is 0 Å². The molecule has 17 heavy (non-hydrogen) atoms. The molecular weight excluding hydrogens is 216 g/mol. The Morgan fingerprint density at radius 3 is 2.76 bits per heavy atom. The lowest BCUT2D eigenvalue weighted by atomic mass is 10.0. The van der Waals surface area contributed by atoms with Gasteiger partial charge in [-0.2, -0.15) is 5.10 Å². The van der Waals surface area contributed by atoms with E-state index in [9.17, 15) is 5.11 Å². The Kier molecular flexibility index (Phi) is 3.44. The standard InChI is InChI=1S/C13H16N2O2/c1-15-8-7-11(14-15)12(16)9-10-5-3-4-6-13(10)17-2/h3-8,12,16H,9H2,1-2H3. The summed E-state index contributed by atoms with van der Waals surface area (Å²) in [4.78, 5) is 0. The van der Waals surface area contributed by atoms with Crippen LogP contribution in [0.1, 0.15) is 17.4 Å². The van der Waals surface area contributed by atoms with Crippen LogP contribution in [0.5, 0.6) is 5.75 Å². The first-order valence-electron chi connectivity index (χ1n) is 5.50. The molecule has 0 radical (unpaired) electrons. The van der Waals surface area contributed by atoms with Gasteiger partial charge in [0.05, 0.1) is 12.8 Å². The van der Waals surface area contributed by atoms with Crippen molar-refractivity contribution in [2.75, 3.05) is 7.11 Å². The molecule has 0 fully saturated rings. The van der Waals surface area contributed by atoms with Crippen LogP contribution in [0.2, 0.25) is 0 Å². The van der Waals surface area contributed by atoms with E-state index in [0.717, 1.165) is 11.3 Å². The second-order valence-electron chi connectivity index (χ2n) is 3.95. The number of methoxy groups -OCH3 is 1. The van der Waals surface area contributed by atoms with Gasteiger partial charge in [-0.05, 0) is 17.7 Å². The predicted octanol–water partition coefficient (Wildman–Crippen LogP) is 1.70. The molecule has 1 unspecified atom stereocenters. The summed E-state index contributed by atoms with van der Waals surface area (Å²) in [6, 6.07) is 9.50. The summed E-state index contributed by atoms with van der Waals surface area (Å²) in [6.07, 6.45) is 1.72. The maximum absolute atomic E-state index is 10.1. The van der Waals surface area contributed by atoms with Crippen molar-refractivity contribution in [1.82, 2.24) is 9.78 Å². The van der Waals surface area contributed by atoms with Gasteiger partial charge in [-0.1, -0.05) is 18.2 Å². The molecule has 0 aliphatic carbocycles. The van der Waals surface area contributed by atoms with Crippen LogP contribution in [-0.2, 0) is 13.5 Å². The zero-order valence-electron chi connectivity index (χ0n) is 10.00. The first kappa shape index (κ1) is 11.7. The fraction of sp³-hybridized carbons (Fsp3) is 0.308. The Balaban J connectivity index is 2.15. The minimum atomic E-state index is -0.604. The third kappa shape index (κ3) is 2.65. The molecule has 1 aromatic heterocycles. The molecule has 0 aliphatic heterocycles. The van der Waals surface area contributed by atoms with Crippen molar-refractivity contribution in [1.29, 1.82) is 0 Å². The van der Waals surface area contributed by atoms with E-state index in [4.69, 9.17) is 4.74 Å². The summed E-state index contributed by atoms with van der Waals surface area (Å²) >= 11 is 0. The van der Waals surface area contributed by atoms with E-state index in [-0.39, 0.29) is 0 Å². The summed E-state index contributed by atoms with van der Waals surface area (Å²) in [7, 11) is 3.46. The molecule has 1 aromatic carbocycles. The molecular formula is C13H16N2O2. The van der Waals surface area contributed by atoms with Crippen LogP contribution in [0.3, 0.4) is 0 Å². The highest BCUT2D eigenvalue weighted by Gasteiger charge is 2.13. The summed E-state index contributed by atoms with van der Waals surface area (Å²) in [6.45, 7) is 0. The van der Waals surface area contributed by atoms with Gasteiger partial charge in [0.25, 0.3) is 0 Å². The van der Waals surface area contributed by atoms with E-state index >= 15 is 0 Å². The Bertz CT molecular complexity index is 494. The molecule has 0 bridgehead atoms. The molecule has 1 heterocycles. The summed E-state index contributed by atoms with van der Waals surface area (Å²) < 4.78 is 6.93. The minimum Gasteiger partial charge on any atom is -0.496 e. The number of rotatable bonds is 4. The zero-order valence-corrected chi connectivity index (χ0v) is 10.00. The van der Waals surface area contributed by atoms with Crippen LogP contribution in [-0.4, -0.2) is 22.0 Å².